The molecule has 0 aromatic carbocycles. The van der Waals surface area contributed by atoms with Crippen molar-refractivity contribution >= 4 is 29.4 Å². The Morgan fingerprint density at radius 1 is 1.27 bits per heavy atom. The summed E-state index contributed by atoms with van der Waals surface area (Å²) in [6.07, 6.45) is 3.14. The summed E-state index contributed by atoms with van der Waals surface area (Å²) in [5.41, 5.74) is 0. The number of hydrogen-bond donors (Lipinski definition) is 3. The molecule has 0 spiro atoms. The second kappa shape index (κ2) is 7.78. The Morgan fingerprint density at radius 2 is 1.96 bits per heavy atom. The van der Waals surface area contributed by atoms with Crippen LogP contribution in [0.25, 0.3) is 0 Å². The molecule has 2 rings (SSSR count). The summed E-state index contributed by atoms with van der Waals surface area (Å²) in [5, 5.41) is 11.6. The van der Waals surface area contributed by atoms with E-state index in [-0.39, 0.29) is 29.2 Å². The number of aryl methyl sites for hydroxylation is 1. The minimum atomic E-state index is -1.19. The van der Waals surface area contributed by atoms with Crippen LogP contribution in [-0.2, 0) is 11.8 Å². The summed E-state index contributed by atoms with van der Waals surface area (Å²) < 4.78 is 1.31. The average Bonchev–Trinajstić information content (AvgIpc) is 3.18. The van der Waals surface area contributed by atoms with E-state index < -0.39 is 11.9 Å². The number of hydrogen-bond acceptors (Lipinski definition) is 6. The Balaban J connectivity index is 2.06. The number of H-pyrrole nitrogens is 1. The van der Waals surface area contributed by atoms with E-state index in [4.69, 9.17) is 5.11 Å². The quantitative estimate of drug-likeness (QED) is 0.630. The van der Waals surface area contributed by atoms with E-state index in [9.17, 15) is 14.4 Å². The van der Waals surface area contributed by atoms with Crippen LogP contribution >= 0.6 is 0 Å². The van der Waals surface area contributed by atoms with Crippen molar-refractivity contribution in [1.82, 2.24) is 24.4 Å². The van der Waals surface area contributed by atoms with Crippen molar-refractivity contribution in [3.63, 3.8) is 0 Å². The lowest BCUT2D eigenvalue weighted by atomic mass is 10.4. The monoisotopic (exact) mass is 363 g/mol. The zero-order valence-electron chi connectivity index (χ0n) is 15.0. The summed E-state index contributed by atoms with van der Waals surface area (Å²) in [6, 6.07) is 0. The first-order valence-electron chi connectivity index (χ1n) is 7.73. The number of nitrogens with zero attached hydrogens (tertiary/aromatic N) is 5. The molecule has 11 heteroatoms. The van der Waals surface area contributed by atoms with Gasteiger partial charge >= 0.3 is 5.97 Å². The van der Waals surface area contributed by atoms with Gasteiger partial charge in [-0.3, -0.25) is 14.5 Å². The molecule has 3 N–H and O–H groups in total. The van der Waals surface area contributed by atoms with Crippen LogP contribution in [0.1, 0.15) is 27.7 Å². The maximum atomic E-state index is 12.5. The molecule has 2 aromatic rings. The predicted octanol–water partition coefficient (Wildman–Crippen LogP) is 0.00820. The van der Waals surface area contributed by atoms with E-state index in [1.807, 2.05) is 19.0 Å². The standard InChI is InChI=1S/C15H21N7O4/c1-20(2)6-5-11(23)17-9-7-16-12(18-9)14(24)22(4)10-8-21(3)13(19-10)15(25)26/h7-8H,5-6H2,1-4H3,(H,16,18)(H,17,23)(H,25,26). The smallest absolute Gasteiger partial charge is 0.372 e. The lowest BCUT2D eigenvalue weighted by Crippen LogP contribution is -2.27. The lowest BCUT2D eigenvalue weighted by Gasteiger charge is -2.11. The Hall–Kier alpha value is -3.21. The van der Waals surface area contributed by atoms with Gasteiger partial charge in [-0.25, -0.2) is 14.8 Å². The zero-order chi connectivity index (χ0) is 19.4. The lowest BCUT2D eigenvalue weighted by molar-refractivity contribution is -0.116. The minimum Gasteiger partial charge on any atom is -0.475 e. The summed E-state index contributed by atoms with van der Waals surface area (Å²) in [6.45, 7) is 0.594. The summed E-state index contributed by atoms with van der Waals surface area (Å²) in [7, 11) is 6.70. The highest BCUT2D eigenvalue weighted by molar-refractivity contribution is 6.03. The summed E-state index contributed by atoms with van der Waals surface area (Å²) in [5.74, 6) is -1.71. The number of carboxylic acids is 1. The van der Waals surface area contributed by atoms with Crippen molar-refractivity contribution in [3.05, 3.63) is 24.0 Å². The number of amides is 2. The van der Waals surface area contributed by atoms with Crippen molar-refractivity contribution in [2.75, 3.05) is 37.9 Å². The van der Waals surface area contributed by atoms with Crippen molar-refractivity contribution in [2.24, 2.45) is 7.05 Å². The molecule has 0 radical (unpaired) electrons. The molecule has 26 heavy (non-hydrogen) atoms. The molecule has 0 aliphatic carbocycles. The van der Waals surface area contributed by atoms with Crippen LogP contribution in [0.3, 0.4) is 0 Å². The summed E-state index contributed by atoms with van der Waals surface area (Å²) >= 11 is 0. The number of carbonyl (C=O) groups excluding carboxylic acids is 2. The fraction of sp³-hybridized carbons (Fsp3) is 0.400. The zero-order valence-corrected chi connectivity index (χ0v) is 15.0. The number of aromatic carboxylic acids is 1. The molecule has 0 unspecified atom stereocenters. The van der Waals surface area contributed by atoms with Crippen LogP contribution in [-0.4, -0.2) is 75.0 Å². The third kappa shape index (κ3) is 4.45. The van der Waals surface area contributed by atoms with Crippen LogP contribution in [0, 0.1) is 0 Å². The number of carbonyl (C=O) groups is 3. The SMILES string of the molecule is CN(C)CCC(=O)Nc1c[nH]c(C(=O)N(C)c2cn(C)c(C(=O)O)n2)n1. The van der Waals surface area contributed by atoms with Gasteiger partial charge in [-0.1, -0.05) is 0 Å². The molecule has 11 nitrogen and oxygen atoms in total. The van der Waals surface area contributed by atoms with Crippen molar-refractivity contribution in [3.8, 4) is 0 Å². The second-order valence-corrected chi connectivity index (χ2v) is 5.94. The molecule has 0 aliphatic rings. The first-order valence-corrected chi connectivity index (χ1v) is 7.73. The minimum absolute atomic E-state index is 0.00191. The van der Waals surface area contributed by atoms with Crippen molar-refractivity contribution in [2.45, 2.75) is 6.42 Å². The molecular formula is C15H21N7O4. The predicted molar refractivity (Wildman–Crippen MR) is 93.3 cm³/mol. The number of carboxylic acid groups (broad SMARTS) is 1. The van der Waals surface area contributed by atoms with Gasteiger partial charge in [-0.05, 0) is 14.1 Å². The maximum Gasteiger partial charge on any atom is 0.372 e. The highest BCUT2D eigenvalue weighted by Crippen LogP contribution is 2.15. The molecule has 140 valence electrons. The molecule has 0 saturated carbocycles. The van der Waals surface area contributed by atoms with Gasteiger partial charge in [-0.15, -0.1) is 0 Å². The van der Waals surface area contributed by atoms with Gasteiger partial charge in [0.25, 0.3) is 5.91 Å². The molecular weight excluding hydrogens is 342 g/mol. The van der Waals surface area contributed by atoms with E-state index in [0.29, 0.717) is 13.0 Å². The van der Waals surface area contributed by atoms with Crippen LogP contribution in [0.4, 0.5) is 11.6 Å². The first-order chi connectivity index (χ1) is 12.2. The third-order valence-electron chi connectivity index (χ3n) is 3.54. The Morgan fingerprint density at radius 3 is 2.54 bits per heavy atom. The Bertz CT molecular complexity index is 824. The Kier molecular flexibility index (Phi) is 5.72. The van der Waals surface area contributed by atoms with E-state index in [1.54, 1.807) is 0 Å². The van der Waals surface area contributed by atoms with E-state index in [1.165, 1.54) is 36.0 Å². The largest absolute Gasteiger partial charge is 0.475 e. The van der Waals surface area contributed by atoms with Crippen LogP contribution < -0.4 is 10.2 Å². The number of nitrogens with one attached hydrogen (secondary N) is 2. The Labute approximate surface area is 149 Å². The van der Waals surface area contributed by atoms with Gasteiger partial charge in [0.2, 0.25) is 11.7 Å². The topological polar surface area (TPSA) is 136 Å². The highest BCUT2D eigenvalue weighted by Gasteiger charge is 2.22. The second-order valence-electron chi connectivity index (χ2n) is 5.94. The number of imidazole rings is 2. The van der Waals surface area contributed by atoms with Crippen LogP contribution in [0.15, 0.2) is 12.4 Å². The van der Waals surface area contributed by atoms with E-state index in [2.05, 4.69) is 20.3 Å². The van der Waals surface area contributed by atoms with Crippen LogP contribution in [0.2, 0.25) is 0 Å². The van der Waals surface area contributed by atoms with Gasteiger partial charge in [0, 0.05) is 39.5 Å². The first kappa shape index (κ1) is 19.1. The van der Waals surface area contributed by atoms with Gasteiger partial charge < -0.3 is 24.9 Å². The highest BCUT2D eigenvalue weighted by atomic mass is 16.4. The molecule has 2 amide bonds. The number of anilines is 2. The number of aromatic nitrogens is 4. The maximum absolute atomic E-state index is 12.5. The molecule has 2 aromatic heterocycles. The molecule has 0 bridgehead atoms. The van der Waals surface area contributed by atoms with Crippen molar-refractivity contribution in [1.29, 1.82) is 0 Å². The normalized spacial score (nSPS) is 10.8. The van der Waals surface area contributed by atoms with Gasteiger partial charge in [0.05, 0.1) is 0 Å². The van der Waals surface area contributed by atoms with Crippen LogP contribution in [0.5, 0.6) is 0 Å². The number of rotatable bonds is 7. The van der Waals surface area contributed by atoms with E-state index in [0.717, 1.165) is 0 Å². The van der Waals surface area contributed by atoms with Gasteiger partial charge in [0.15, 0.2) is 17.5 Å². The molecule has 2 heterocycles. The average molecular weight is 363 g/mol. The van der Waals surface area contributed by atoms with Crippen molar-refractivity contribution < 1.29 is 19.5 Å². The fourth-order valence-electron chi connectivity index (χ4n) is 2.10. The fourth-order valence-corrected chi connectivity index (χ4v) is 2.10. The van der Waals surface area contributed by atoms with Gasteiger partial charge in [0.1, 0.15) is 0 Å². The molecule has 0 atom stereocenters. The number of aromatic amines is 1. The third-order valence-corrected chi connectivity index (χ3v) is 3.54. The molecule has 0 fully saturated rings. The summed E-state index contributed by atoms with van der Waals surface area (Å²) in [4.78, 5) is 49.0. The van der Waals surface area contributed by atoms with E-state index >= 15 is 0 Å². The molecule has 0 aliphatic heterocycles. The van der Waals surface area contributed by atoms with Gasteiger partial charge in [-0.2, -0.15) is 0 Å². The molecule has 0 saturated heterocycles.